The largest absolute Gasteiger partial charge is 0.393 e. The lowest BCUT2D eigenvalue weighted by atomic mass is 9.81. The zero-order chi connectivity index (χ0) is 10.7. The van der Waals surface area contributed by atoms with E-state index in [1.54, 1.807) is 0 Å². The topological polar surface area (TPSA) is 43.4 Å². The summed E-state index contributed by atoms with van der Waals surface area (Å²) >= 11 is 0. The van der Waals surface area contributed by atoms with Crippen molar-refractivity contribution in [2.45, 2.75) is 26.7 Å². The minimum atomic E-state index is -0.282. The highest BCUT2D eigenvalue weighted by Crippen LogP contribution is 2.59. The van der Waals surface area contributed by atoms with E-state index in [0.717, 1.165) is 12.8 Å². The number of ether oxygens (including phenoxy) is 1. The summed E-state index contributed by atoms with van der Waals surface area (Å²) in [5, 5.41) is 0. The third kappa shape index (κ3) is 0.959. The average Bonchev–Trinajstić information content (AvgIpc) is 2.77. The lowest BCUT2D eigenvalue weighted by Crippen LogP contribution is -2.24. The van der Waals surface area contributed by atoms with Gasteiger partial charge in [0, 0.05) is 0 Å². The van der Waals surface area contributed by atoms with Crippen LogP contribution in [-0.2, 0) is 14.3 Å². The second-order valence-electron chi connectivity index (χ2n) is 5.04. The van der Waals surface area contributed by atoms with Crippen LogP contribution in [0, 0.1) is 23.7 Å². The normalized spacial score (nSPS) is 42.1. The lowest BCUT2D eigenvalue weighted by Gasteiger charge is -2.16. The van der Waals surface area contributed by atoms with Gasteiger partial charge in [-0.15, -0.1) is 0 Å². The van der Waals surface area contributed by atoms with Crippen molar-refractivity contribution in [2.24, 2.45) is 23.7 Å². The SMILES string of the molecule is CC(C)=C1[C@@H]2CC[C@@H]1[C@H]1C(=O)OC(=O)[C@@H]12. The van der Waals surface area contributed by atoms with Crippen molar-refractivity contribution >= 4 is 11.9 Å². The van der Waals surface area contributed by atoms with E-state index in [9.17, 15) is 9.59 Å². The Hall–Kier alpha value is -1.12. The molecule has 0 aromatic heterocycles. The molecule has 1 heterocycles. The molecule has 1 saturated heterocycles. The van der Waals surface area contributed by atoms with E-state index in [2.05, 4.69) is 13.8 Å². The Kier molecular flexibility index (Phi) is 1.65. The molecule has 0 aromatic rings. The highest BCUT2D eigenvalue weighted by molar-refractivity contribution is 5.98. The van der Waals surface area contributed by atoms with Gasteiger partial charge in [0.1, 0.15) is 0 Å². The summed E-state index contributed by atoms with van der Waals surface area (Å²) in [7, 11) is 0. The fraction of sp³-hybridized carbons (Fsp3) is 0.667. The van der Waals surface area contributed by atoms with Crippen molar-refractivity contribution in [3.05, 3.63) is 11.1 Å². The number of carbonyl (C=O) groups excluding carboxylic acids is 2. The van der Waals surface area contributed by atoms with Crippen molar-refractivity contribution in [2.75, 3.05) is 0 Å². The van der Waals surface area contributed by atoms with Gasteiger partial charge in [0.25, 0.3) is 0 Å². The first kappa shape index (κ1) is 9.13. The Labute approximate surface area is 88.5 Å². The second-order valence-corrected chi connectivity index (χ2v) is 5.04. The minimum Gasteiger partial charge on any atom is -0.393 e. The molecule has 2 saturated carbocycles. The maximum atomic E-state index is 11.6. The van der Waals surface area contributed by atoms with Crippen LogP contribution in [0.15, 0.2) is 11.1 Å². The molecule has 1 aliphatic heterocycles. The fourth-order valence-electron chi connectivity index (χ4n) is 3.79. The molecule has 3 aliphatic rings. The summed E-state index contributed by atoms with van der Waals surface area (Å²) in [4.78, 5) is 23.1. The van der Waals surface area contributed by atoms with Gasteiger partial charge < -0.3 is 4.74 Å². The van der Waals surface area contributed by atoms with E-state index in [4.69, 9.17) is 4.74 Å². The molecule has 0 spiro atoms. The highest BCUT2D eigenvalue weighted by atomic mass is 16.6. The van der Waals surface area contributed by atoms with Gasteiger partial charge in [-0.1, -0.05) is 11.1 Å². The van der Waals surface area contributed by atoms with Crippen LogP contribution in [0.2, 0.25) is 0 Å². The monoisotopic (exact) mass is 206 g/mol. The molecule has 3 heteroatoms. The molecule has 2 aliphatic carbocycles. The Morgan fingerprint density at radius 3 is 1.93 bits per heavy atom. The Balaban J connectivity index is 2.10. The molecule has 0 N–H and O–H groups in total. The van der Waals surface area contributed by atoms with Gasteiger partial charge in [-0.05, 0) is 38.5 Å². The third-order valence-electron chi connectivity index (χ3n) is 4.16. The smallest absolute Gasteiger partial charge is 0.318 e. The standard InChI is InChI=1S/C12H14O3/c1-5(2)8-6-3-4-7(8)10-9(6)11(13)15-12(10)14/h6-7,9-10H,3-4H2,1-2H3/t6-,7-,9+,10+/m0/s1. The van der Waals surface area contributed by atoms with Crippen molar-refractivity contribution in [1.82, 2.24) is 0 Å². The number of cyclic esters (lactones) is 2. The van der Waals surface area contributed by atoms with Crippen LogP contribution in [-0.4, -0.2) is 11.9 Å². The van der Waals surface area contributed by atoms with Gasteiger partial charge in [-0.3, -0.25) is 9.59 Å². The first-order valence-electron chi connectivity index (χ1n) is 5.54. The van der Waals surface area contributed by atoms with Gasteiger partial charge >= 0.3 is 11.9 Å². The average molecular weight is 206 g/mol. The van der Waals surface area contributed by atoms with Gasteiger partial charge in [-0.25, -0.2) is 0 Å². The van der Waals surface area contributed by atoms with Crippen LogP contribution < -0.4 is 0 Å². The van der Waals surface area contributed by atoms with Crippen LogP contribution in [0.1, 0.15) is 26.7 Å². The Morgan fingerprint density at radius 2 is 1.53 bits per heavy atom. The summed E-state index contributed by atoms with van der Waals surface area (Å²) in [6.45, 7) is 4.16. The predicted molar refractivity (Wildman–Crippen MR) is 52.7 cm³/mol. The Bertz CT molecular complexity index is 360. The third-order valence-corrected chi connectivity index (χ3v) is 4.16. The number of hydrogen-bond donors (Lipinski definition) is 0. The molecule has 2 bridgehead atoms. The van der Waals surface area contributed by atoms with Crippen LogP contribution in [0.3, 0.4) is 0 Å². The quantitative estimate of drug-likeness (QED) is 0.344. The fourth-order valence-corrected chi connectivity index (χ4v) is 3.79. The lowest BCUT2D eigenvalue weighted by molar-refractivity contribution is -0.154. The summed E-state index contributed by atoms with van der Waals surface area (Å²) in [6, 6.07) is 0. The predicted octanol–water partition coefficient (Wildman–Crippen LogP) is 1.68. The van der Waals surface area contributed by atoms with E-state index in [0.29, 0.717) is 11.8 Å². The second kappa shape index (κ2) is 2.71. The highest BCUT2D eigenvalue weighted by Gasteiger charge is 2.62. The maximum absolute atomic E-state index is 11.6. The molecule has 0 unspecified atom stereocenters. The van der Waals surface area contributed by atoms with E-state index in [1.165, 1.54) is 11.1 Å². The van der Waals surface area contributed by atoms with Crippen LogP contribution in [0.25, 0.3) is 0 Å². The zero-order valence-electron chi connectivity index (χ0n) is 8.95. The number of allylic oxidation sites excluding steroid dienone is 2. The minimum absolute atomic E-state index is 0.152. The molecule has 0 radical (unpaired) electrons. The van der Waals surface area contributed by atoms with Gasteiger partial charge in [0.2, 0.25) is 0 Å². The van der Waals surface area contributed by atoms with E-state index in [1.807, 2.05) is 0 Å². The van der Waals surface area contributed by atoms with Gasteiger partial charge in [0.15, 0.2) is 0 Å². The van der Waals surface area contributed by atoms with Crippen molar-refractivity contribution in [3.63, 3.8) is 0 Å². The molecule has 80 valence electrons. The number of esters is 2. The molecular formula is C12H14O3. The molecule has 3 fully saturated rings. The van der Waals surface area contributed by atoms with Crippen molar-refractivity contribution in [1.29, 1.82) is 0 Å². The molecule has 15 heavy (non-hydrogen) atoms. The van der Waals surface area contributed by atoms with E-state index >= 15 is 0 Å². The van der Waals surface area contributed by atoms with Crippen molar-refractivity contribution in [3.8, 4) is 0 Å². The summed E-state index contributed by atoms with van der Waals surface area (Å²) in [6.07, 6.45) is 2.10. The molecular weight excluding hydrogens is 192 g/mol. The molecule has 0 aromatic carbocycles. The van der Waals surface area contributed by atoms with Gasteiger partial charge in [0.05, 0.1) is 11.8 Å². The first-order valence-corrected chi connectivity index (χ1v) is 5.54. The van der Waals surface area contributed by atoms with Crippen molar-refractivity contribution < 1.29 is 14.3 Å². The number of carbonyl (C=O) groups is 2. The van der Waals surface area contributed by atoms with Crippen LogP contribution in [0.4, 0.5) is 0 Å². The zero-order valence-corrected chi connectivity index (χ0v) is 8.95. The van der Waals surface area contributed by atoms with Crippen LogP contribution in [0.5, 0.6) is 0 Å². The molecule has 4 atom stereocenters. The number of fused-ring (bicyclic) bond motifs is 5. The summed E-state index contributed by atoms with van der Waals surface area (Å²) in [5.74, 6) is -0.276. The number of rotatable bonds is 0. The number of hydrogen-bond acceptors (Lipinski definition) is 3. The maximum Gasteiger partial charge on any atom is 0.318 e. The van der Waals surface area contributed by atoms with E-state index < -0.39 is 0 Å². The molecule has 3 nitrogen and oxygen atoms in total. The van der Waals surface area contributed by atoms with E-state index in [-0.39, 0.29) is 23.8 Å². The summed E-state index contributed by atoms with van der Waals surface area (Å²) in [5.41, 5.74) is 2.66. The first-order chi connectivity index (χ1) is 7.11. The summed E-state index contributed by atoms with van der Waals surface area (Å²) < 4.78 is 4.74. The van der Waals surface area contributed by atoms with Crippen LogP contribution >= 0.6 is 0 Å². The molecule has 3 rings (SSSR count). The Morgan fingerprint density at radius 1 is 1.07 bits per heavy atom. The van der Waals surface area contributed by atoms with Gasteiger partial charge in [-0.2, -0.15) is 0 Å². The molecule has 0 amide bonds.